The predicted molar refractivity (Wildman–Crippen MR) is 43.3 cm³/mol. The summed E-state index contributed by atoms with van der Waals surface area (Å²) in [6.07, 6.45) is -5.95. The topological polar surface area (TPSA) is 139 Å². The van der Waals surface area contributed by atoms with Crippen molar-refractivity contribution in [3.05, 3.63) is 0 Å². The molecule has 0 aromatic rings. The standard InChI is InChI=1S/C6H16N2O5/c7-8-1-3(10)5(12)6(13)4(11)2-9/h3-6,8-13H,1-2,7H2/t3-,4-,5-,6-/m1/s1. The fourth-order valence-corrected chi connectivity index (χ4v) is 0.805. The molecule has 0 unspecified atom stereocenters. The van der Waals surface area contributed by atoms with Crippen molar-refractivity contribution < 1.29 is 25.5 Å². The van der Waals surface area contributed by atoms with Crippen LogP contribution in [0.4, 0.5) is 0 Å². The summed E-state index contributed by atoms with van der Waals surface area (Å²) in [4.78, 5) is 0. The van der Waals surface area contributed by atoms with E-state index < -0.39 is 31.0 Å². The molecule has 0 rings (SSSR count). The zero-order chi connectivity index (χ0) is 10.4. The number of aliphatic hydroxyl groups excluding tert-OH is 5. The molecule has 0 aliphatic carbocycles. The lowest BCUT2D eigenvalue weighted by molar-refractivity contribution is -0.113. The summed E-state index contributed by atoms with van der Waals surface area (Å²) in [7, 11) is 0. The maximum Gasteiger partial charge on any atom is 0.111 e. The summed E-state index contributed by atoms with van der Waals surface area (Å²) >= 11 is 0. The van der Waals surface area contributed by atoms with Crippen LogP contribution in [0.25, 0.3) is 0 Å². The van der Waals surface area contributed by atoms with E-state index in [1.165, 1.54) is 0 Å². The van der Waals surface area contributed by atoms with E-state index in [1.54, 1.807) is 0 Å². The normalized spacial score (nSPS) is 20.8. The smallest absolute Gasteiger partial charge is 0.111 e. The molecule has 0 fully saturated rings. The number of hydrazine groups is 1. The Morgan fingerprint density at radius 1 is 1.00 bits per heavy atom. The van der Waals surface area contributed by atoms with Gasteiger partial charge in [-0.05, 0) is 0 Å². The van der Waals surface area contributed by atoms with Gasteiger partial charge in [-0.15, -0.1) is 0 Å². The molecule has 7 heteroatoms. The first-order chi connectivity index (χ1) is 6.04. The molecule has 0 aliphatic rings. The Morgan fingerprint density at radius 3 is 1.85 bits per heavy atom. The van der Waals surface area contributed by atoms with Gasteiger partial charge in [-0.25, -0.2) is 0 Å². The number of aliphatic hydroxyl groups is 5. The van der Waals surface area contributed by atoms with Gasteiger partial charge >= 0.3 is 0 Å². The Labute approximate surface area is 75.4 Å². The van der Waals surface area contributed by atoms with Crippen LogP contribution in [0.2, 0.25) is 0 Å². The molecule has 0 aromatic heterocycles. The van der Waals surface area contributed by atoms with Crippen LogP contribution in [-0.2, 0) is 0 Å². The fourth-order valence-electron chi connectivity index (χ4n) is 0.805. The van der Waals surface area contributed by atoms with Gasteiger partial charge in [0, 0.05) is 6.54 Å². The third-order valence-corrected chi connectivity index (χ3v) is 1.65. The maximum atomic E-state index is 9.15. The van der Waals surface area contributed by atoms with Crippen LogP contribution in [0, 0.1) is 0 Å². The predicted octanol–water partition coefficient (Wildman–Crippen LogP) is -4.11. The van der Waals surface area contributed by atoms with Crippen LogP contribution in [0.5, 0.6) is 0 Å². The zero-order valence-electron chi connectivity index (χ0n) is 7.04. The van der Waals surface area contributed by atoms with Crippen molar-refractivity contribution in [2.45, 2.75) is 24.4 Å². The second-order valence-corrected chi connectivity index (χ2v) is 2.71. The van der Waals surface area contributed by atoms with Gasteiger partial charge in [0.05, 0.1) is 12.7 Å². The fraction of sp³-hybridized carbons (Fsp3) is 1.00. The molecule has 0 saturated carbocycles. The zero-order valence-corrected chi connectivity index (χ0v) is 7.04. The van der Waals surface area contributed by atoms with Gasteiger partial charge in [-0.3, -0.25) is 11.3 Å². The van der Waals surface area contributed by atoms with Crippen molar-refractivity contribution >= 4 is 0 Å². The lowest BCUT2D eigenvalue weighted by Crippen LogP contribution is -2.49. The highest BCUT2D eigenvalue weighted by Gasteiger charge is 2.29. The second kappa shape index (κ2) is 6.22. The lowest BCUT2D eigenvalue weighted by atomic mass is 10.0. The number of nitrogens with two attached hydrogens (primary N) is 1. The molecular formula is C6H16N2O5. The van der Waals surface area contributed by atoms with Gasteiger partial charge in [0.1, 0.15) is 18.3 Å². The van der Waals surface area contributed by atoms with Gasteiger partial charge in [0.15, 0.2) is 0 Å². The third kappa shape index (κ3) is 3.96. The number of hydrogen-bond donors (Lipinski definition) is 7. The molecule has 0 bridgehead atoms. The summed E-state index contributed by atoms with van der Waals surface area (Å²) in [5.74, 6) is 4.86. The van der Waals surface area contributed by atoms with Gasteiger partial charge in [-0.2, -0.15) is 0 Å². The Hall–Kier alpha value is -0.280. The SMILES string of the molecule is NNC[C@@H](O)[C@@H](O)[C@H](O)[C@H](O)CO. The van der Waals surface area contributed by atoms with Crippen molar-refractivity contribution in [2.24, 2.45) is 5.84 Å². The maximum absolute atomic E-state index is 9.15. The summed E-state index contributed by atoms with van der Waals surface area (Å²) in [5.41, 5.74) is 2.09. The minimum Gasteiger partial charge on any atom is -0.394 e. The van der Waals surface area contributed by atoms with Crippen LogP contribution < -0.4 is 11.3 Å². The van der Waals surface area contributed by atoms with Crippen molar-refractivity contribution in [3.63, 3.8) is 0 Å². The van der Waals surface area contributed by atoms with E-state index in [9.17, 15) is 0 Å². The molecule has 4 atom stereocenters. The molecule has 0 saturated heterocycles. The quantitative estimate of drug-likeness (QED) is 0.169. The summed E-state index contributed by atoms with van der Waals surface area (Å²) in [6, 6.07) is 0. The Kier molecular flexibility index (Phi) is 6.08. The summed E-state index contributed by atoms with van der Waals surface area (Å²) < 4.78 is 0. The Balaban J connectivity index is 3.99. The third-order valence-electron chi connectivity index (χ3n) is 1.65. The van der Waals surface area contributed by atoms with Gasteiger partial charge < -0.3 is 25.5 Å². The molecule has 0 aromatic carbocycles. The first-order valence-corrected chi connectivity index (χ1v) is 3.81. The molecule has 0 heterocycles. The number of nitrogens with one attached hydrogen (secondary N) is 1. The van der Waals surface area contributed by atoms with Crippen LogP contribution in [-0.4, -0.2) is 63.1 Å². The van der Waals surface area contributed by atoms with Crippen LogP contribution in [0.3, 0.4) is 0 Å². The van der Waals surface area contributed by atoms with E-state index in [1.807, 2.05) is 0 Å². The Bertz CT molecular complexity index is 136. The van der Waals surface area contributed by atoms with Crippen molar-refractivity contribution in [3.8, 4) is 0 Å². The molecule has 0 aliphatic heterocycles. The number of rotatable bonds is 6. The van der Waals surface area contributed by atoms with E-state index in [-0.39, 0.29) is 6.54 Å². The highest BCUT2D eigenvalue weighted by Crippen LogP contribution is 2.03. The Morgan fingerprint density at radius 2 is 1.46 bits per heavy atom. The van der Waals surface area contributed by atoms with Crippen molar-refractivity contribution in [2.75, 3.05) is 13.2 Å². The van der Waals surface area contributed by atoms with E-state index in [2.05, 4.69) is 5.43 Å². The van der Waals surface area contributed by atoms with Crippen LogP contribution >= 0.6 is 0 Å². The largest absolute Gasteiger partial charge is 0.394 e. The van der Waals surface area contributed by atoms with Crippen molar-refractivity contribution in [1.82, 2.24) is 5.43 Å². The molecule has 80 valence electrons. The molecule has 13 heavy (non-hydrogen) atoms. The monoisotopic (exact) mass is 196 g/mol. The lowest BCUT2D eigenvalue weighted by Gasteiger charge is -2.25. The summed E-state index contributed by atoms with van der Waals surface area (Å²) in [5, 5.41) is 44.6. The van der Waals surface area contributed by atoms with Crippen LogP contribution in [0.15, 0.2) is 0 Å². The first kappa shape index (κ1) is 12.7. The molecule has 0 amide bonds. The van der Waals surface area contributed by atoms with E-state index in [4.69, 9.17) is 31.4 Å². The van der Waals surface area contributed by atoms with Crippen LogP contribution in [0.1, 0.15) is 0 Å². The minimum absolute atomic E-state index is 0.129. The number of hydrogen-bond acceptors (Lipinski definition) is 7. The average Bonchev–Trinajstić information content (AvgIpc) is 2.14. The van der Waals surface area contributed by atoms with E-state index >= 15 is 0 Å². The van der Waals surface area contributed by atoms with Gasteiger partial charge in [0.25, 0.3) is 0 Å². The first-order valence-electron chi connectivity index (χ1n) is 3.81. The average molecular weight is 196 g/mol. The molecule has 7 nitrogen and oxygen atoms in total. The van der Waals surface area contributed by atoms with Gasteiger partial charge in [0.2, 0.25) is 0 Å². The minimum atomic E-state index is -1.60. The van der Waals surface area contributed by atoms with E-state index in [0.717, 1.165) is 0 Å². The molecule has 0 radical (unpaired) electrons. The van der Waals surface area contributed by atoms with Crippen molar-refractivity contribution in [1.29, 1.82) is 0 Å². The highest BCUT2D eigenvalue weighted by molar-refractivity contribution is 4.80. The van der Waals surface area contributed by atoms with E-state index in [0.29, 0.717) is 0 Å². The molecular weight excluding hydrogens is 180 g/mol. The molecule has 8 N–H and O–H groups in total. The van der Waals surface area contributed by atoms with Gasteiger partial charge in [-0.1, -0.05) is 0 Å². The molecule has 0 spiro atoms. The summed E-state index contributed by atoms with van der Waals surface area (Å²) in [6.45, 7) is -0.822. The second-order valence-electron chi connectivity index (χ2n) is 2.71. The highest BCUT2D eigenvalue weighted by atomic mass is 16.4.